The second-order valence-corrected chi connectivity index (χ2v) is 9.09. The van der Waals surface area contributed by atoms with Gasteiger partial charge < -0.3 is 20.9 Å². The molecule has 0 spiro atoms. The number of hydrogen-bond donors (Lipinski definition) is 3. The number of thioether (sulfide) groups is 1. The van der Waals surface area contributed by atoms with Gasteiger partial charge in [-0.15, -0.1) is 35.7 Å². The van der Waals surface area contributed by atoms with Gasteiger partial charge in [-0.2, -0.15) is 0 Å². The van der Waals surface area contributed by atoms with E-state index in [0.29, 0.717) is 23.9 Å². The molecule has 3 N–H and O–H groups in total. The van der Waals surface area contributed by atoms with E-state index < -0.39 is 0 Å². The van der Waals surface area contributed by atoms with E-state index in [4.69, 9.17) is 4.99 Å². The molecule has 176 valence electrons. The van der Waals surface area contributed by atoms with Crippen molar-refractivity contribution >= 4 is 47.6 Å². The third kappa shape index (κ3) is 11.2. The van der Waals surface area contributed by atoms with Crippen LogP contribution in [-0.2, 0) is 6.54 Å². The maximum Gasteiger partial charge on any atom is 0.251 e. The summed E-state index contributed by atoms with van der Waals surface area (Å²) in [4.78, 5) is 20.4. The fourth-order valence-electron chi connectivity index (χ4n) is 2.83. The van der Waals surface area contributed by atoms with E-state index in [1.54, 1.807) is 0 Å². The monoisotopic (exact) mass is 569 g/mol. The van der Waals surface area contributed by atoms with Crippen LogP contribution < -0.4 is 16.0 Å². The van der Waals surface area contributed by atoms with E-state index >= 15 is 0 Å². The number of guanidine groups is 1. The highest BCUT2D eigenvalue weighted by atomic mass is 127. The predicted octanol–water partition coefficient (Wildman–Crippen LogP) is 3.83. The standard InChI is InChI=1S/C24H35N5OS.HI/c1-5-25-24(27-17-19(2)31-22-12-7-6-8-13-22)28-18-20-10-9-11-21(16-20)23(30)26-14-15-29(3)4;/h6-13,16,19H,5,14-15,17-18H2,1-4H3,(H,26,30)(H2,25,27,28);1H. The minimum absolute atomic E-state index is 0. The van der Waals surface area contributed by atoms with Crippen LogP contribution in [0.4, 0.5) is 0 Å². The fraction of sp³-hybridized carbons (Fsp3) is 0.417. The smallest absolute Gasteiger partial charge is 0.251 e. The summed E-state index contributed by atoms with van der Waals surface area (Å²) in [7, 11) is 3.98. The number of halogens is 1. The molecular weight excluding hydrogens is 533 g/mol. The van der Waals surface area contributed by atoms with Gasteiger partial charge in [0.25, 0.3) is 5.91 Å². The second kappa shape index (κ2) is 15.9. The summed E-state index contributed by atoms with van der Waals surface area (Å²) in [5.41, 5.74) is 1.67. The lowest BCUT2D eigenvalue weighted by Gasteiger charge is -2.16. The van der Waals surface area contributed by atoms with Crippen LogP contribution in [0.25, 0.3) is 0 Å². The zero-order chi connectivity index (χ0) is 22.5. The number of nitrogens with one attached hydrogen (secondary N) is 3. The Labute approximate surface area is 214 Å². The van der Waals surface area contributed by atoms with Crippen molar-refractivity contribution in [1.29, 1.82) is 0 Å². The SMILES string of the molecule is CCNC(=NCc1cccc(C(=O)NCCN(C)C)c1)NCC(C)Sc1ccccc1.I. The average Bonchev–Trinajstić information content (AvgIpc) is 2.76. The lowest BCUT2D eigenvalue weighted by Crippen LogP contribution is -2.40. The van der Waals surface area contributed by atoms with Crippen LogP contribution in [0.3, 0.4) is 0 Å². The molecule has 2 rings (SSSR count). The summed E-state index contributed by atoms with van der Waals surface area (Å²) in [6.07, 6.45) is 0. The molecule has 0 aliphatic carbocycles. The molecular formula is C24H36IN5OS. The van der Waals surface area contributed by atoms with Gasteiger partial charge in [0.15, 0.2) is 5.96 Å². The molecule has 1 atom stereocenters. The van der Waals surface area contributed by atoms with Gasteiger partial charge in [-0.3, -0.25) is 4.79 Å². The molecule has 1 unspecified atom stereocenters. The van der Waals surface area contributed by atoms with E-state index in [1.165, 1.54) is 4.90 Å². The van der Waals surface area contributed by atoms with E-state index in [2.05, 4.69) is 54.1 Å². The van der Waals surface area contributed by atoms with Crippen molar-refractivity contribution in [2.75, 3.05) is 40.3 Å². The van der Waals surface area contributed by atoms with Crippen LogP contribution in [-0.4, -0.2) is 62.3 Å². The molecule has 0 aromatic heterocycles. The van der Waals surface area contributed by atoms with Gasteiger partial charge in [0.1, 0.15) is 0 Å². The molecule has 2 aromatic carbocycles. The van der Waals surface area contributed by atoms with Gasteiger partial charge in [0.2, 0.25) is 0 Å². The first-order chi connectivity index (χ1) is 15.0. The highest BCUT2D eigenvalue weighted by Gasteiger charge is 2.08. The lowest BCUT2D eigenvalue weighted by molar-refractivity contribution is 0.0951. The van der Waals surface area contributed by atoms with Crippen LogP contribution in [0.1, 0.15) is 29.8 Å². The Hall–Kier alpha value is -1.78. The van der Waals surface area contributed by atoms with Crippen molar-refractivity contribution in [3.05, 3.63) is 65.7 Å². The first-order valence-electron chi connectivity index (χ1n) is 10.7. The summed E-state index contributed by atoms with van der Waals surface area (Å²) in [5.74, 6) is 0.730. The molecule has 0 saturated carbocycles. The molecule has 0 aliphatic heterocycles. The number of hydrogen-bond acceptors (Lipinski definition) is 4. The first kappa shape index (κ1) is 28.3. The molecule has 0 aliphatic rings. The van der Waals surface area contributed by atoms with Gasteiger partial charge in [-0.1, -0.05) is 37.3 Å². The van der Waals surface area contributed by atoms with Gasteiger partial charge in [-0.05, 0) is 50.8 Å². The highest BCUT2D eigenvalue weighted by molar-refractivity contribution is 14.0. The quantitative estimate of drug-likeness (QED) is 0.166. The molecule has 0 bridgehead atoms. The number of aliphatic imine (C=N–C) groups is 1. The molecule has 32 heavy (non-hydrogen) atoms. The number of amides is 1. The predicted molar refractivity (Wildman–Crippen MR) is 147 cm³/mol. The normalized spacial score (nSPS) is 12.1. The van der Waals surface area contributed by atoms with Crippen molar-refractivity contribution in [3.63, 3.8) is 0 Å². The Kier molecular flexibility index (Phi) is 14.1. The molecule has 0 heterocycles. The molecule has 1 amide bonds. The van der Waals surface area contributed by atoms with Crippen molar-refractivity contribution in [1.82, 2.24) is 20.9 Å². The molecule has 6 nitrogen and oxygen atoms in total. The topological polar surface area (TPSA) is 68.8 Å². The number of benzene rings is 2. The fourth-order valence-corrected chi connectivity index (χ4v) is 3.78. The third-order valence-corrected chi connectivity index (χ3v) is 5.55. The van der Waals surface area contributed by atoms with Crippen LogP contribution in [0.2, 0.25) is 0 Å². The van der Waals surface area contributed by atoms with Gasteiger partial charge in [0, 0.05) is 41.9 Å². The summed E-state index contributed by atoms with van der Waals surface area (Å²) in [5, 5.41) is 10.1. The summed E-state index contributed by atoms with van der Waals surface area (Å²) in [6, 6.07) is 18.1. The maximum absolute atomic E-state index is 12.4. The van der Waals surface area contributed by atoms with Gasteiger partial charge in [-0.25, -0.2) is 4.99 Å². The molecule has 0 radical (unpaired) electrons. The average molecular weight is 570 g/mol. The number of likely N-dealkylation sites (N-methyl/N-ethyl adjacent to an activating group) is 1. The summed E-state index contributed by atoms with van der Waals surface area (Å²) >= 11 is 1.84. The van der Waals surface area contributed by atoms with Crippen LogP contribution in [0.5, 0.6) is 0 Å². The Morgan fingerprint density at radius 1 is 1.06 bits per heavy atom. The van der Waals surface area contributed by atoms with Gasteiger partial charge >= 0.3 is 0 Å². The van der Waals surface area contributed by atoms with Gasteiger partial charge in [0.05, 0.1) is 6.54 Å². The summed E-state index contributed by atoms with van der Waals surface area (Å²) in [6.45, 7) is 7.80. The van der Waals surface area contributed by atoms with E-state index in [1.807, 2.05) is 61.1 Å². The third-order valence-electron chi connectivity index (χ3n) is 4.44. The lowest BCUT2D eigenvalue weighted by atomic mass is 10.1. The van der Waals surface area contributed by atoms with E-state index in [-0.39, 0.29) is 29.9 Å². The molecule has 0 saturated heterocycles. The Morgan fingerprint density at radius 3 is 2.50 bits per heavy atom. The van der Waals surface area contributed by atoms with E-state index in [9.17, 15) is 4.79 Å². The molecule has 8 heteroatoms. The largest absolute Gasteiger partial charge is 0.357 e. The van der Waals surface area contributed by atoms with Crippen LogP contribution >= 0.6 is 35.7 Å². The zero-order valence-corrected chi connectivity index (χ0v) is 22.6. The minimum atomic E-state index is -0.0514. The van der Waals surface area contributed by atoms with Crippen LogP contribution in [0.15, 0.2) is 64.5 Å². The van der Waals surface area contributed by atoms with Crippen LogP contribution in [0, 0.1) is 0 Å². The number of rotatable bonds is 11. The Morgan fingerprint density at radius 2 is 1.81 bits per heavy atom. The van der Waals surface area contributed by atoms with E-state index in [0.717, 1.165) is 31.2 Å². The van der Waals surface area contributed by atoms with Crippen molar-refractivity contribution in [2.24, 2.45) is 4.99 Å². The molecule has 2 aromatic rings. The Balaban J connectivity index is 0.00000512. The zero-order valence-electron chi connectivity index (χ0n) is 19.4. The molecule has 0 fully saturated rings. The second-order valence-electron chi connectivity index (χ2n) is 7.58. The van der Waals surface area contributed by atoms with Crippen molar-refractivity contribution in [2.45, 2.75) is 30.5 Å². The maximum atomic E-state index is 12.4. The number of nitrogens with zero attached hydrogens (tertiary/aromatic N) is 2. The Bertz CT molecular complexity index is 832. The summed E-state index contributed by atoms with van der Waals surface area (Å²) < 4.78 is 0. The number of carbonyl (C=O) groups excluding carboxylic acids is 1. The number of carbonyl (C=O) groups is 1. The van der Waals surface area contributed by atoms with Crippen molar-refractivity contribution < 1.29 is 4.79 Å². The first-order valence-corrected chi connectivity index (χ1v) is 11.6. The minimum Gasteiger partial charge on any atom is -0.357 e. The van der Waals surface area contributed by atoms with Crippen molar-refractivity contribution in [3.8, 4) is 0 Å². The highest BCUT2D eigenvalue weighted by Crippen LogP contribution is 2.21.